The van der Waals surface area contributed by atoms with Gasteiger partial charge in [-0.3, -0.25) is 0 Å². The molecule has 0 bridgehead atoms. The predicted octanol–water partition coefficient (Wildman–Crippen LogP) is 1.36. The first-order chi connectivity index (χ1) is 6.33. The SMILES string of the molecule is Cc1cccc2c1C(CON)CO2. The Labute approximate surface area is 77.4 Å². The van der Waals surface area contributed by atoms with Crippen LogP contribution in [0.1, 0.15) is 17.0 Å². The Hall–Kier alpha value is -1.06. The summed E-state index contributed by atoms with van der Waals surface area (Å²) in [5.74, 6) is 6.33. The van der Waals surface area contributed by atoms with Gasteiger partial charge in [-0.25, -0.2) is 5.90 Å². The molecule has 2 rings (SSSR count). The van der Waals surface area contributed by atoms with Gasteiger partial charge in [0.25, 0.3) is 0 Å². The Morgan fingerprint density at radius 3 is 3.23 bits per heavy atom. The van der Waals surface area contributed by atoms with Crippen LogP contribution in [0.2, 0.25) is 0 Å². The molecule has 1 aliphatic heterocycles. The van der Waals surface area contributed by atoms with Crippen molar-refractivity contribution in [3.05, 3.63) is 29.3 Å². The van der Waals surface area contributed by atoms with Crippen molar-refractivity contribution in [3.63, 3.8) is 0 Å². The van der Waals surface area contributed by atoms with Crippen LogP contribution in [-0.4, -0.2) is 13.2 Å². The van der Waals surface area contributed by atoms with E-state index in [2.05, 4.69) is 17.8 Å². The van der Waals surface area contributed by atoms with E-state index in [0.717, 1.165) is 5.75 Å². The van der Waals surface area contributed by atoms with E-state index in [9.17, 15) is 0 Å². The monoisotopic (exact) mass is 179 g/mol. The third kappa shape index (κ3) is 1.41. The van der Waals surface area contributed by atoms with Gasteiger partial charge >= 0.3 is 0 Å². The zero-order valence-electron chi connectivity index (χ0n) is 7.62. The molecule has 13 heavy (non-hydrogen) atoms. The van der Waals surface area contributed by atoms with E-state index in [1.54, 1.807) is 0 Å². The Morgan fingerprint density at radius 2 is 2.46 bits per heavy atom. The molecule has 1 unspecified atom stereocenters. The lowest BCUT2D eigenvalue weighted by Crippen LogP contribution is -2.13. The van der Waals surface area contributed by atoms with Gasteiger partial charge in [-0.1, -0.05) is 12.1 Å². The fourth-order valence-corrected chi connectivity index (χ4v) is 1.82. The number of nitrogens with two attached hydrogens (primary N) is 1. The number of hydrogen-bond acceptors (Lipinski definition) is 3. The first kappa shape index (κ1) is 8.53. The van der Waals surface area contributed by atoms with Gasteiger partial charge in [-0.05, 0) is 18.6 Å². The molecule has 0 saturated heterocycles. The highest BCUT2D eigenvalue weighted by molar-refractivity contribution is 5.45. The molecule has 0 amide bonds. The molecule has 1 aliphatic rings. The van der Waals surface area contributed by atoms with Crippen LogP contribution in [0.5, 0.6) is 5.75 Å². The van der Waals surface area contributed by atoms with E-state index in [1.165, 1.54) is 11.1 Å². The van der Waals surface area contributed by atoms with E-state index < -0.39 is 0 Å². The van der Waals surface area contributed by atoms with Gasteiger partial charge in [0.1, 0.15) is 5.75 Å². The first-order valence-electron chi connectivity index (χ1n) is 4.37. The van der Waals surface area contributed by atoms with Crippen molar-refractivity contribution in [1.82, 2.24) is 0 Å². The second-order valence-electron chi connectivity index (χ2n) is 3.33. The number of hydrogen-bond donors (Lipinski definition) is 1. The zero-order valence-corrected chi connectivity index (χ0v) is 7.62. The Balaban J connectivity index is 2.34. The summed E-state index contributed by atoms with van der Waals surface area (Å²) >= 11 is 0. The second kappa shape index (κ2) is 3.36. The standard InChI is InChI=1S/C10H13NO2/c1-7-3-2-4-9-10(7)8(5-12-9)6-13-11/h2-4,8H,5-6,11H2,1H3. The smallest absolute Gasteiger partial charge is 0.123 e. The van der Waals surface area contributed by atoms with Gasteiger partial charge in [0, 0.05) is 11.5 Å². The normalized spacial score (nSPS) is 19.7. The summed E-state index contributed by atoms with van der Waals surface area (Å²) < 4.78 is 5.51. The van der Waals surface area contributed by atoms with Crippen LogP contribution in [-0.2, 0) is 4.84 Å². The molecule has 0 radical (unpaired) electrons. The Bertz CT molecular complexity index is 310. The van der Waals surface area contributed by atoms with Crippen molar-refractivity contribution in [2.75, 3.05) is 13.2 Å². The zero-order chi connectivity index (χ0) is 9.26. The van der Waals surface area contributed by atoms with Crippen molar-refractivity contribution < 1.29 is 9.57 Å². The van der Waals surface area contributed by atoms with Gasteiger partial charge in [0.15, 0.2) is 0 Å². The molecule has 2 N–H and O–H groups in total. The summed E-state index contributed by atoms with van der Waals surface area (Å²) in [7, 11) is 0. The van der Waals surface area contributed by atoms with E-state index in [1.807, 2.05) is 12.1 Å². The van der Waals surface area contributed by atoms with Gasteiger partial charge < -0.3 is 9.57 Å². The fraction of sp³-hybridized carbons (Fsp3) is 0.400. The molecule has 3 heteroatoms. The molecule has 3 nitrogen and oxygen atoms in total. The van der Waals surface area contributed by atoms with Gasteiger partial charge in [-0.2, -0.15) is 0 Å². The minimum atomic E-state index is 0.293. The van der Waals surface area contributed by atoms with Crippen molar-refractivity contribution in [3.8, 4) is 5.75 Å². The molecular formula is C10H13NO2. The number of fused-ring (bicyclic) bond motifs is 1. The highest BCUT2D eigenvalue weighted by atomic mass is 16.6. The maximum Gasteiger partial charge on any atom is 0.123 e. The summed E-state index contributed by atoms with van der Waals surface area (Å²) in [6, 6.07) is 6.07. The highest BCUT2D eigenvalue weighted by Gasteiger charge is 2.25. The molecule has 1 aromatic rings. The molecule has 0 aliphatic carbocycles. The number of ether oxygens (including phenoxy) is 1. The summed E-state index contributed by atoms with van der Waals surface area (Å²) in [6.07, 6.45) is 0. The maximum atomic E-state index is 5.51. The van der Waals surface area contributed by atoms with Crippen LogP contribution in [0.4, 0.5) is 0 Å². The summed E-state index contributed by atoms with van der Waals surface area (Å²) in [5.41, 5.74) is 2.49. The first-order valence-corrected chi connectivity index (χ1v) is 4.37. The van der Waals surface area contributed by atoms with Crippen molar-refractivity contribution in [2.45, 2.75) is 12.8 Å². The lowest BCUT2D eigenvalue weighted by molar-refractivity contribution is 0.115. The largest absolute Gasteiger partial charge is 0.493 e. The summed E-state index contributed by atoms with van der Waals surface area (Å²) in [4.78, 5) is 4.66. The minimum absolute atomic E-state index is 0.293. The molecule has 70 valence electrons. The minimum Gasteiger partial charge on any atom is -0.493 e. The quantitative estimate of drug-likeness (QED) is 0.697. The molecule has 1 heterocycles. The van der Waals surface area contributed by atoms with Crippen LogP contribution in [0.25, 0.3) is 0 Å². The van der Waals surface area contributed by atoms with E-state index in [0.29, 0.717) is 19.1 Å². The molecule has 1 atom stereocenters. The molecule has 1 aromatic carbocycles. The van der Waals surface area contributed by atoms with Crippen LogP contribution in [0.3, 0.4) is 0 Å². The van der Waals surface area contributed by atoms with E-state index in [-0.39, 0.29) is 0 Å². The van der Waals surface area contributed by atoms with Crippen LogP contribution >= 0.6 is 0 Å². The molecule has 0 aromatic heterocycles. The Morgan fingerprint density at radius 1 is 1.62 bits per heavy atom. The third-order valence-corrected chi connectivity index (χ3v) is 2.43. The van der Waals surface area contributed by atoms with Gasteiger partial charge in [0.05, 0.1) is 13.2 Å². The van der Waals surface area contributed by atoms with Crippen LogP contribution in [0.15, 0.2) is 18.2 Å². The van der Waals surface area contributed by atoms with Crippen molar-refractivity contribution in [1.29, 1.82) is 0 Å². The topological polar surface area (TPSA) is 44.5 Å². The summed E-state index contributed by atoms with van der Waals surface area (Å²) in [6.45, 7) is 3.28. The lowest BCUT2D eigenvalue weighted by Gasteiger charge is -2.08. The molecule has 0 fully saturated rings. The molecule has 0 saturated carbocycles. The Kier molecular flexibility index (Phi) is 2.20. The average Bonchev–Trinajstić information content (AvgIpc) is 2.51. The molecular weight excluding hydrogens is 166 g/mol. The van der Waals surface area contributed by atoms with Crippen LogP contribution in [0, 0.1) is 6.92 Å². The van der Waals surface area contributed by atoms with Crippen LogP contribution < -0.4 is 10.6 Å². The lowest BCUT2D eigenvalue weighted by atomic mass is 9.97. The maximum absolute atomic E-state index is 5.51. The number of benzene rings is 1. The number of aryl methyl sites for hydroxylation is 1. The average molecular weight is 179 g/mol. The van der Waals surface area contributed by atoms with E-state index >= 15 is 0 Å². The number of rotatable bonds is 2. The predicted molar refractivity (Wildman–Crippen MR) is 49.6 cm³/mol. The second-order valence-corrected chi connectivity index (χ2v) is 3.33. The third-order valence-electron chi connectivity index (χ3n) is 2.43. The fourth-order valence-electron chi connectivity index (χ4n) is 1.82. The summed E-state index contributed by atoms with van der Waals surface area (Å²) in [5, 5.41) is 0. The van der Waals surface area contributed by atoms with E-state index in [4.69, 9.17) is 10.6 Å². The van der Waals surface area contributed by atoms with Gasteiger partial charge in [-0.15, -0.1) is 0 Å². The highest BCUT2D eigenvalue weighted by Crippen LogP contribution is 2.35. The van der Waals surface area contributed by atoms with Gasteiger partial charge in [0.2, 0.25) is 0 Å². The molecule has 0 spiro atoms. The van der Waals surface area contributed by atoms with Crippen molar-refractivity contribution >= 4 is 0 Å². The van der Waals surface area contributed by atoms with Crippen molar-refractivity contribution in [2.24, 2.45) is 5.90 Å².